The molecule has 0 saturated heterocycles. The molecule has 2 rings (SSSR count). The molecule has 0 saturated carbocycles. The van der Waals surface area contributed by atoms with Crippen molar-refractivity contribution in [3.8, 4) is 0 Å². The first kappa shape index (κ1) is 19.2. The first-order valence-electron chi connectivity index (χ1n) is 7.43. The average Bonchev–Trinajstić information content (AvgIpc) is 2.60. The Hall–Kier alpha value is -3.10. The minimum absolute atomic E-state index is 0.0913. The van der Waals surface area contributed by atoms with Crippen LogP contribution in [-0.2, 0) is 28.8 Å². The summed E-state index contributed by atoms with van der Waals surface area (Å²) in [5.41, 5.74) is -1.59. The molecule has 9 heteroatoms. The lowest BCUT2D eigenvalue weighted by Gasteiger charge is -2.11. The average molecular weight is 368 g/mol. The van der Waals surface area contributed by atoms with Gasteiger partial charge in [-0.25, -0.2) is 4.79 Å². The molecule has 0 spiro atoms. The molecule has 1 N–H and O–H groups in total. The number of halogens is 3. The van der Waals surface area contributed by atoms with E-state index in [0.717, 1.165) is 12.3 Å². The van der Waals surface area contributed by atoms with Crippen molar-refractivity contribution in [1.82, 2.24) is 9.88 Å². The van der Waals surface area contributed by atoms with E-state index in [1.807, 2.05) is 0 Å². The standard InChI is InChI=1S/C17H15F3N2O4/c1-26-16(25)12-6-4-11(5-7-12)9-21-14(23)10-22-8-2-3-13(15(22)24)17(18,19)20/h2-8H,9-10H2,1H3,(H,21,23). The fourth-order valence-electron chi connectivity index (χ4n) is 2.16. The third-order valence-electron chi connectivity index (χ3n) is 3.50. The van der Waals surface area contributed by atoms with Crippen LogP contribution in [0.2, 0.25) is 0 Å². The third kappa shape index (κ3) is 4.71. The summed E-state index contributed by atoms with van der Waals surface area (Å²) in [5, 5.41) is 2.50. The van der Waals surface area contributed by atoms with Gasteiger partial charge < -0.3 is 14.6 Å². The monoisotopic (exact) mass is 368 g/mol. The Kier molecular flexibility index (Phi) is 5.81. The topological polar surface area (TPSA) is 77.4 Å². The summed E-state index contributed by atoms with van der Waals surface area (Å²) in [6.45, 7) is -0.447. The predicted octanol–water partition coefficient (Wildman–Crippen LogP) is 1.97. The number of ether oxygens (including phenoxy) is 1. The van der Waals surface area contributed by atoms with E-state index < -0.39 is 35.7 Å². The number of benzene rings is 1. The molecule has 0 radical (unpaired) electrons. The van der Waals surface area contributed by atoms with E-state index in [4.69, 9.17) is 0 Å². The van der Waals surface area contributed by atoms with E-state index >= 15 is 0 Å². The maximum atomic E-state index is 12.7. The summed E-state index contributed by atoms with van der Waals surface area (Å²) in [6, 6.07) is 7.96. The largest absolute Gasteiger partial charge is 0.465 e. The minimum Gasteiger partial charge on any atom is -0.465 e. The lowest BCUT2D eigenvalue weighted by molar-refractivity contribution is -0.139. The molecule has 0 bridgehead atoms. The first-order valence-corrected chi connectivity index (χ1v) is 7.43. The van der Waals surface area contributed by atoms with Gasteiger partial charge in [0, 0.05) is 12.7 Å². The maximum Gasteiger partial charge on any atom is 0.421 e. The Morgan fingerprint density at radius 1 is 1.15 bits per heavy atom. The number of pyridine rings is 1. The molecule has 0 atom stereocenters. The molecule has 0 aliphatic heterocycles. The number of rotatable bonds is 5. The Balaban J connectivity index is 2.00. The fourth-order valence-corrected chi connectivity index (χ4v) is 2.16. The van der Waals surface area contributed by atoms with Gasteiger partial charge in [0.05, 0.1) is 12.7 Å². The van der Waals surface area contributed by atoms with Crippen LogP contribution >= 0.6 is 0 Å². The SMILES string of the molecule is COC(=O)c1ccc(CNC(=O)Cn2cccc(C(F)(F)F)c2=O)cc1. The molecule has 0 aliphatic rings. The number of hydrogen-bond donors (Lipinski definition) is 1. The molecule has 1 aromatic carbocycles. The highest BCUT2D eigenvalue weighted by molar-refractivity contribution is 5.89. The van der Waals surface area contributed by atoms with Crippen LogP contribution in [0.1, 0.15) is 21.5 Å². The van der Waals surface area contributed by atoms with Crippen LogP contribution in [0.4, 0.5) is 13.2 Å². The van der Waals surface area contributed by atoms with Crippen LogP contribution in [0, 0.1) is 0 Å². The maximum absolute atomic E-state index is 12.7. The fraction of sp³-hybridized carbons (Fsp3) is 0.235. The number of alkyl halides is 3. The van der Waals surface area contributed by atoms with Crippen molar-refractivity contribution in [1.29, 1.82) is 0 Å². The summed E-state index contributed by atoms with van der Waals surface area (Å²) in [6.07, 6.45) is -3.67. The first-order chi connectivity index (χ1) is 12.2. The van der Waals surface area contributed by atoms with Crippen LogP contribution in [0.25, 0.3) is 0 Å². The second-order valence-corrected chi connectivity index (χ2v) is 5.32. The highest BCUT2D eigenvalue weighted by atomic mass is 19.4. The van der Waals surface area contributed by atoms with Gasteiger partial charge >= 0.3 is 12.1 Å². The van der Waals surface area contributed by atoms with Crippen LogP contribution in [0.3, 0.4) is 0 Å². The molecule has 1 amide bonds. The summed E-state index contributed by atoms with van der Waals surface area (Å²) in [4.78, 5) is 35.0. The van der Waals surface area contributed by atoms with Gasteiger partial charge in [0.25, 0.3) is 5.56 Å². The van der Waals surface area contributed by atoms with Crippen molar-refractivity contribution in [3.63, 3.8) is 0 Å². The quantitative estimate of drug-likeness (QED) is 0.819. The van der Waals surface area contributed by atoms with Gasteiger partial charge in [-0.15, -0.1) is 0 Å². The molecule has 6 nitrogen and oxygen atoms in total. The zero-order valence-electron chi connectivity index (χ0n) is 13.7. The second kappa shape index (κ2) is 7.85. The zero-order valence-corrected chi connectivity index (χ0v) is 13.7. The van der Waals surface area contributed by atoms with Gasteiger partial charge in [-0.05, 0) is 29.8 Å². The number of esters is 1. The predicted molar refractivity (Wildman–Crippen MR) is 85.3 cm³/mol. The van der Waals surface area contributed by atoms with E-state index in [1.54, 1.807) is 12.1 Å². The third-order valence-corrected chi connectivity index (χ3v) is 3.50. The van der Waals surface area contributed by atoms with Gasteiger partial charge in [-0.3, -0.25) is 9.59 Å². The van der Waals surface area contributed by atoms with Crippen LogP contribution in [-0.4, -0.2) is 23.6 Å². The molecule has 138 valence electrons. The van der Waals surface area contributed by atoms with Gasteiger partial charge in [0.2, 0.25) is 5.91 Å². The Morgan fingerprint density at radius 3 is 2.38 bits per heavy atom. The van der Waals surface area contributed by atoms with E-state index in [-0.39, 0.29) is 6.54 Å². The molecule has 0 aliphatic carbocycles. The lowest BCUT2D eigenvalue weighted by atomic mass is 10.1. The lowest BCUT2D eigenvalue weighted by Crippen LogP contribution is -2.34. The molecule has 26 heavy (non-hydrogen) atoms. The molecule has 2 aromatic rings. The zero-order chi connectivity index (χ0) is 19.3. The number of carbonyl (C=O) groups excluding carboxylic acids is 2. The number of amides is 1. The molecule has 0 fully saturated rings. The van der Waals surface area contributed by atoms with Gasteiger partial charge in [0.1, 0.15) is 12.1 Å². The second-order valence-electron chi connectivity index (χ2n) is 5.32. The highest BCUT2D eigenvalue weighted by Gasteiger charge is 2.34. The van der Waals surface area contributed by atoms with Crippen molar-refractivity contribution in [2.75, 3.05) is 7.11 Å². The number of aromatic nitrogens is 1. The number of nitrogens with one attached hydrogen (secondary N) is 1. The normalized spacial score (nSPS) is 11.1. The van der Waals surface area contributed by atoms with Crippen molar-refractivity contribution in [3.05, 3.63) is 69.6 Å². The van der Waals surface area contributed by atoms with Gasteiger partial charge in [-0.2, -0.15) is 13.2 Å². The van der Waals surface area contributed by atoms with Crippen molar-refractivity contribution in [2.24, 2.45) is 0 Å². The van der Waals surface area contributed by atoms with Crippen LogP contribution < -0.4 is 10.9 Å². The van der Waals surface area contributed by atoms with Gasteiger partial charge in [-0.1, -0.05) is 12.1 Å². The summed E-state index contributed by atoms with van der Waals surface area (Å²) < 4.78 is 43.4. The number of methoxy groups -OCH3 is 1. The minimum atomic E-state index is -4.78. The summed E-state index contributed by atoms with van der Waals surface area (Å²) >= 11 is 0. The Bertz CT molecular complexity index is 858. The van der Waals surface area contributed by atoms with Crippen molar-refractivity contribution < 1.29 is 27.5 Å². The summed E-state index contributed by atoms with van der Waals surface area (Å²) in [5.74, 6) is -1.12. The van der Waals surface area contributed by atoms with Crippen molar-refractivity contribution >= 4 is 11.9 Å². The Labute approximate surface area is 146 Å². The van der Waals surface area contributed by atoms with E-state index in [9.17, 15) is 27.6 Å². The smallest absolute Gasteiger partial charge is 0.421 e. The molecular formula is C17H15F3N2O4. The Morgan fingerprint density at radius 2 is 1.81 bits per heavy atom. The van der Waals surface area contributed by atoms with Crippen LogP contribution in [0.15, 0.2) is 47.4 Å². The van der Waals surface area contributed by atoms with E-state index in [2.05, 4.69) is 10.1 Å². The number of nitrogens with zero attached hydrogens (tertiary/aromatic N) is 1. The highest BCUT2D eigenvalue weighted by Crippen LogP contribution is 2.25. The number of hydrogen-bond acceptors (Lipinski definition) is 4. The molecule has 0 unspecified atom stereocenters. The van der Waals surface area contributed by atoms with E-state index in [1.165, 1.54) is 19.2 Å². The van der Waals surface area contributed by atoms with Gasteiger partial charge in [0.15, 0.2) is 0 Å². The van der Waals surface area contributed by atoms with Crippen molar-refractivity contribution in [2.45, 2.75) is 19.3 Å². The van der Waals surface area contributed by atoms with Crippen LogP contribution in [0.5, 0.6) is 0 Å². The number of carbonyl (C=O) groups is 2. The molecule has 1 aromatic heterocycles. The van der Waals surface area contributed by atoms with E-state index in [0.29, 0.717) is 21.8 Å². The summed E-state index contributed by atoms with van der Waals surface area (Å²) in [7, 11) is 1.26. The molecule has 1 heterocycles. The molecular weight excluding hydrogens is 353 g/mol.